The van der Waals surface area contributed by atoms with Crippen molar-refractivity contribution in [1.29, 1.82) is 0 Å². The van der Waals surface area contributed by atoms with E-state index >= 15 is 0 Å². The van der Waals surface area contributed by atoms with Crippen molar-refractivity contribution in [3.63, 3.8) is 0 Å². The van der Waals surface area contributed by atoms with Crippen LogP contribution in [-0.4, -0.2) is 24.0 Å². The van der Waals surface area contributed by atoms with Crippen LogP contribution in [0.1, 0.15) is 30.6 Å². The zero-order valence-electron chi connectivity index (χ0n) is 10.2. The van der Waals surface area contributed by atoms with Gasteiger partial charge >= 0.3 is 0 Å². The van der Waals surface area contributed by atoms with Crippen molar-refractivity contribution in [2.24, 2.45) is 0 Å². The van der Waals surface area contributed by atoms with E-state index in [1.807, 2.05) is 6.07 Å². The molecule has 3 heteroatoms. The fourth-order valence-corrected chi connectivity index (χ4v) is 2.15. The first-order valence-electron chi connectivity index (χ1n) is 5.82. The van der Waals surface area contributed by atoms with Gasteiger partial charge in [-0.1, -0.05) is 11.6 Å². The third-order valence-corrected chi connectivity index (χ3v) is 3.06. The van der Waals surface area contributed by atoms with Crippen LogP contribution in [0.4, 0.5) is 5.69 Å². The highest BCUT2D eigenvalue weighted by Gasteiger charge is 2.13. The molecular formula is C14H17NO2. The van der Waals surface area contributed by atoms with Crippen molar-refractivity contribution >= 4 is 11.5 Å². The Hall–Kier alpha value is -1.77. The van der Waals surface area contributed by atoms with Gasteiger partial charge in [0.05, 0.1) is 5.56 Å². The summed E-state index contributed by atoms with van der Waals surface area (Å²) < 4.78 is 0. The van der Waals surface area contributed by atoms with Crippen LogP contribution in [0.5, 0.6) is 5.75 Å². The first kappa shape index (κ1) is 11.7. The van der Waals surface area contributed by atoms with Gasteiger partial charge in [-0.2, -0.15) is 0 Å². The number of benzene rings is 1. The largest absolute Gasteiger partial charge is 0.507 e. The van der Waals surface area contributed by atoms with Gasteiger partial charge in [-0.05, 0) is 32.4 Å². The van der Waals surface area contributed by atoms with E-state index < -0.39 is 0 Å². The SMILES string of the molecule is CC(=O)c1ccc(N2CCC=C(C)C2)cc1O. The molecule has 3 nitrogen and oxygen atoms in total. The minimum absolute atomic E-state index is 0.0715. The summed E-state index contributed by atoms with van der Waals surface area (Å²) in [5.41, 5.74) is 2.70. The second-order valence-electron chi connectivity index (χ2n) is 4.52. The minimum atomic E-state index is -0.108. The number of aromatic hydroxyl groups is 1. The predicted octanol–water partition coefficient (Wildman–Crippen LogP) is 2.75. The molecule has 2 rings (SSSR count). The number of nitrogens with zero attached hydrogens (tertiary/aromatic N) is 1. The van der Waals surface area contributed by atoms with Gasteiger partial charge in [0.15, 0.2) is 5.78 Å². The highest BCUT2D eigenvalue weighted by molar-refractivity contribution is 5.97. The Morgan fingerprint density at radius 1 is 1.41 bits per heavy atom. The maximum absolute atomic E-state index is 11.2. The summed E-state index contributed by atoms with van der Waals surface area (Å²) in [6.07, 6.45) is 3.27. The molecule has 0 unspecified atom stereocenters. The van der Waals surface area contributed by atoms with E-state index in [0.717, 1.165) is 25.2 Å². The van der Waals surface area contributed by atoms with Crippen LogP contribution in [0.2, 0.25) is 0 Å². The number of carbonyl (C=O) groups excluding carboxylic acids is 1. The molecule has 0 atom stereocenters. The van der Waals surface area contributed by atoms with Crippen LogP contribution in [0.3, 0.4) is 0 Å². The lowest BCUT2D eigenvalue weighted by molar-refractivity contribution is 0.101. The van der Waals surface area contributed by atoms with Gasteiger partial charge in [-0.3, -0.25) is 4.79 Å². The number of carbonyl (C=O) groups is 1. The monoisotopic (exact) mass is 231 g/mol. The molecule has 1 N–H and O–H groups in total. The van der Waals surface area contributed by atoms with Gasteiger partial charge in [-0.15, -0.1) is 0 Å². The third kappa shape index (κ3) is 2.49. The molecule has 0 amide bonds. The highest BCUT2D eigenvalue weighted by atomic mass is 16.3. The maximum atomic E-state index is 11.2. The van der Waals surface area contributed by atoms with E-state index in [0.29, 0.717) is 5.56 Å². The molecule has 0 saturated carbocycles. The maximum Gasteiger partial charge on any atom is 0.163 e. The van der Waals surface area contributed by atoms with E-state index in [1.165, 1.54) is 12.5 Å². The summed E-state index contributed by atoms with van der Waals surface area (Å²) in [6.45, 7) is 5.41. The lowest BCUT2D eigenvalue weighted by Crippen LogP contribution is -2.29. The van der Waals surface area contributed by atoms with Gasteiger partial charge in [-0.25, -0.2) is 0 Å². The standard InChI is InChI=1S/C14H17NO2/c1-10-4-3-7-15(9-10)12-5-6-13(11(2)16)14(17)8-12/h4-6,8,17H,3,7,9H2,1-2H3. The number of Topliss-reactive ketones (excluding diaryl/α,β-unsaturated/α-hetero) is 1. The Kier molecular flexibility index (Phi) is 3.18. The number of ketones is 1. The molecule has 0 aliphatic carbocycles. The summed E-state index contributed by atoms with van der Waals surface area (Å²) in [5.74, 6) is -0.0361. The molecule has 1 aromatic rings. The van der Waals surface area contributed by atoms with Crippen molar-refractivity contribution in [3.05, 3.63) is 35.4 Å². The Bertz CT molecular complexity index is 477. The molecule has 1 aromatic carbocycles. The number of hydrogen-bond donors (Lipinski definition) is 1. The molecule has 0 aromatic heterocycles. The molecule has 0 saturated heterocycles. The van der Waals surface area contributed by atoms with E-state index in [9.17, 15) is 9.90 Å². The lowest BCUT2D eigenvalue weighted by Gasteiger charge is -2.28. The molecule has 0 spiro atoms. The topological polar surface area (TPSA) is 40.5 Å². The normalized spacial score (nSPS) is 15.6. The van der Waals surface area contributed by atoms with E-state index in [2.05, 4.69) is 17.9 Å². The Morgan fingerprint density at radius 3 is 2.76 bits per heavy atom. The summed E-state index contributed by atoms with van der Waals surface area (Å²) in [7, 11) is 0. The molecule has 1 aliphatic rings. The second kappa shape index (κ2) is 4.62. The number of anilines is 1. The highest BCUT2D eigenvalue weighted by Crippen LogP contribution is 2.27. The number of phenolic OH excluding ortho intramolecular Hbond substituents is 1. The van der Waals surface area contributed by atoms with Crippen LogP contribution in [0.25, 0.3) is 0 Å². The van der Waals surface area contributed by atoms with Crippen molar-refractivity contribution < 1.29 is 9.90 Å². The van der Waals surface area contributed by atoms with E-state index in [4.69, 9.17) is 0 Å². The second-order valence-corrected chi connectivity index (χ2v) is 4.52. The van der Waals surface area contributed by atoms with E-state index in [1.54, 1.807) is 12.1 Å². The number of phenols is 1. The number of hydrogen-bond acceptors (Lipinski definition) is 3. The molecule has 1 heterocycles. The van der Waals surface area contributed by atoms with Crippen molar-refractivity contribution in [2.75, 3.05) is 18.0 Å². The third-order valence-electron chi connectivity index (χ3n) is 3.06. The van der Waals surface area contributed by atoms with Crippen molar-refractivity contribution in [1.82, 2.24) is 0 Å². The molecule has 17 heavy (non-hydrogen) atoms. The first-order valence-corrected chi connectivity index (χ1v) is 5.82. The van der Waals surface area contributed by atoms with Crippen LogP contribution < -0.4 is 4.90 Å². The lowest BCUT2D eigenvalue weighted by atomic mass is 10.1. The molecule has 90 valence electrons. The summed E-state index contributed by atoms with van der Waals surface area (Å²) in [5, 5.41) is 9.80. The van der Waals surface area contributed by atoms with Crippen LogP contribution >= 0.6 is 0 Å². The Labute approximate surface area is 101 Å². The van der Waals surface area contributed by atoms with Gasteiger partial charge in [0.1, 0.15) is 5.75 Å². The summed E-state index contributed by atoms with van der Waals surface area (Å²) in [6, 6.07) is 5.27. The zero-order chi connectivity index (χ0) is 12.4. The molecule has 0 bridgehead atoms. The van der Waals surface area contributed by atoms with Crippen LogP contribution in [0, 0.1) is 0 Å². The van der Waals surface area contributed by atoms with Crippen molar-refractivity contribution in [3.8, 4) is 5.75 Å². The quantitative estimate of drug-likeness (QED) is 0.628. The average Bonchev–Trinajstić information content (AvgIpc) is 2.28. The zero-order valence-corrected chi connectivity index (χ0v) is 10.2. The van der Waals surface area contributed by atoms with Gasteiger partial charge in [0.25, 0.3) is 0 Å². The van der Waals surface area contributed by atoms with Gasteiger partial charge in [0.2, 0.25) is 0 Å². The minimum Gasteiger partial charge on any atom is -0.507 e. The average molecular weight is 231 g/mol. The summed E-state index contributed by atoms with van der Waals surface area (Å²) in [4.78, 5) is 13.4. The van der Waals surface area contributed by atoms with Crippen LogP contribution in [-0.2, 0) is 0 Å². The van der Waals surface area contributed by atoms with Gasteiger partial charge in [0, 0.05) is 24.8 Å². The smallest absolute Gasteiger partial charge is 0.163 e. The molecular weight excluding hydrogens is 214 g/mol. The Balaban J connectivity index is 2.26. The Morgan fingerprint density at radius 2 is 2.18 bits per heavy atom. The first-order chi connectivity index (χ1) is 8.08. The van der Waals surface area contributed by atoms with Gasteiger partial charge < -0.3 is 10.0 Å². The molecule has 0 fully saturated rings. The predicted molar refractivity (Wildman–Crippen MR) is 68.7 cm³/mol. The van der Waals surface area contributed by atoms with E-state index in [-0.39, 0.29) is 11.5 Å². The summed E-state index contributed by atoms with van der Waals surface area (Å²) >= 11 is 0. The van der Waals surface area contributed by atoms with Crippen molar-refractivity contribution in [2.45, 2.75) is 20.3 Å². The molecule has 1 aliphatic heterocycles. The fraction of sp³-hybridized carbons (Fsp3) is 0.357. The number of rotatable bonds is 2. The molecule has 0 radical (unpaired) electrons. The van der Waals surface area contributed by atoms with Crippen LogP contribution in [0.15, 0.2) is 29.8 Å². The fourth-order valence-electron chi connectivity index (χ4n) is 2.15.